The van der Waals surface area contributed by atoms with E-state index in [4.69, 9.17) is 4.74 Å². The Morgan fingerprint density at radius 3 is 2.95 bits per heavy atom. The number of amides is 2. The summed E-state index contributed by atoms with van der Waals surface area (Å²) in [5.74, 6) is 1.85. The molecule has 0 spiro atoms. The van der Waals surface area contributed by atoms with Gasteiger partial charge in [-0.15, -0.1) is 0 Å². The number of hydrogen-bond acceptors (Lipinski definition) is 3. The molecule has 1 aliphatic heterocycles. The van der Waals surface area contributed by atoms with Crippen LogP contribution in [0.15, 0.2) is 0 Å². The topological polar surface area (TPSA) is 41.6 Å². The molecule has 2 amide bonds. The van der Waals surface area contributed by atoms with Gasteiger partial charge in [0.25, 0.3) is 0 Å². The highest BCUT2D eigenvalue weighted by molar-refractivity contribution is 8.00. The molecule has 2 rings (SSSR count). The average Bonchev–Trinajstić information content (AvgIpc) is 3.16. The number of ether oxygens (including phenoxy) is 1. The summed E-state index contributed by atoms with van der Waals surface area (Å²) in [6.45, 7) is 8.47. The minimum Gasteiger partial charge on any atom is -0.381 e. The first-order chi connectivity index (χ1) is 9.07. The molecule has 0 bridgehead atoms. The predicted octanol–water partition coefficient (Wildman–Crippen LogP) is 2.34. The summed E-state index contributed by atoms with van der Waals surface area (Å²) in [7, 11) is 0. The lowest BCUT2D eigenvalue weighted by atomic mass is 10.2. The van der Waals surface area contributed by atoms with Crippen molar-refractivity contribution in [1.29, 1.82) is 0 Å². The highest BCUT2D eigenvalue weighted by atomic mass is 32.2. The zero-order valence-electron chi connectivity index (χ0n) is 12.1. The molecule has 110 valence electrons. The molecular formula is C14H26N2O2S. The molecular weight excluding hydrogens is 260 g/mol. The molecule has 1 aliphatic carbocycles. The van der Waals surface area contributed by atoms with Crippen molar-refractivity contribution in [3.8, 4) is 0 Å². The number of rotatable bonds is 6. The molecule has 1 saturated carbocycles. The van der Waals surface area contributed by atoms with Crippen LogP contribution in [0.4, 0.5) is 4.79 Å². The van der Waals surface area contributed by atoms with Gasteiger partial charge in [-0.1, -0.05) is 0 Å². The van der Waals surface area contributed by atoms with Crippen LogP contribution in [0.1, 0.15) is 33.1 Å². The van der Waals surface area contributed by atoms with Gasteiger partial charge in [-0.25, -0.2) is 4.79 Å². The molecule has 2 aliphatic rings. The monoisotopic (exact) mass is 286 g/mol. The van der Waals surface area contributed by atoms with Gasteiger partial charge in [-0.2, -0.15) is 11.8 Å². The van der Waals surface area contributed by atoms with E-state index in [0.717, 1.165) is 44.4 Å². The highest BCUT2D eigenvalue weighted by Crippen LogP contribution is 2.29. The van der Waals surface area contributed by atoms with E-state index in [1.54, 1.807) is 0 Å². The summed E-state index contributed by atoms with van der Waals surface area (Å²) in [4.78, 5) is 13.9. The fraction of sp³-hybridized carbons (Fsp3) is 0.929. The zero-order valence-corrected chi connectivity index (χ0v) is 12.9. The molecule has 0 aromatic heterocycles. The minimum absolute atomic E-state index is 0.0792. The number of thioether (sulfide) groups is 1. The molecule has 1 heterocycles. The Hall–Kier alpha value is -0.420. The quantitative estimate of drug-likeness (QED) is 0.762. The van der Waals surface area contributed by atoms with Crippen LogP contribution in [0.3, 0.4) is 0 Å². The number of hydrogen-bond donors (Lipinski definition) is 1. The van der Waals surface area contributed by atoms with Gasteiger partial charge in [0.2, 0.25) is 0 Å². The first-order valence-electron chi connectivity index (χ1n) is 7.31. The van der Waals surface area contributed by atoms with Crippen LogP contribution in [-0.4, -0.2) is 54.3 Å². The molecule has 0 atom stereocenters. The van der Waals surface area contributed by atoms with Gasteiger partial charge in [-0.3, -0.25) is 0 Å². The van der Waals surface area contributed by atoms with Crippen molar-refractivity contribution >= 4 is 17.8 Å². The maximum Gasteiger partial charge on any atom is 0.317 e. The van der Waals surface area contributed by atoms with Crippen molar-refractivity contribution < 1.29 is 9.53 Å². The van der Waals surface area contributed by atoms with E-state index in [-0.39, 0.29) is 10.8 Å². The number of nitrogens with zero attached hydrogens (tertiary/aromatic N) is 1. The number of urea groups is 1. The van der Waals surface area contributed by atoms with Crippen LogP contribution >= 0.6 is 11.8 Å². The number of carbonyl (C=O) groups is 1. The van der Waals surface area contributed by atoms with E-state index < -0.39 is 0 Å². The molecule has 0 radical (unpaired) electrons. The number of nitrogens with one attached hydrogen (secondary N) is 1. The van der Waals surface area contributed by atoms with E-state index >= 15 is 0 Å². The molecule has 2 fully saturated rings. The van der Waals surface area contributed by atoms with Crippen LogP contribution in [0.25, 0.3) is 0 Å². The molecule has 0 unspecified atom stereocenters. The Kier molecular flexibility index (Phi) is 5.39. The van der Waals surface area contributed by atoms with E-state index in [9.17, 15) is 4.79 Å². The zero-order chi connectivity index (χ0) is 13.7. The number of carbonyl (C=O) groups excluding carboxylic acids is 1. The summed E-state index contributed by atoms with van der Waals surface area (Å²) >= 11 is 1.94. The Labute approximate surface area is 120 Å². The fourth-order valence-corrected chi connectivity index (χ4v) is 3.32. The molecule has 4 nitrogen and oxygen atoms in total. The van der Waals surface area contributed by atoms with Crippen LogP contribution in [0, 0.1) is 5.92 Å². The fourth-order valence-electron chi connectivity index (χ4n) is 2.21. The van der Waals surface area contributed by atoms with Crippen LogP contribution in [0.5, 0.6) is 0 Å². The maximum absolute atomic E-state index is 12.0. The van der Waals surface area contributed by atoms with Crippen molar-refractivity contribution in [2.24, 2.45) is 5.92 Å². The van der Waals surface area contributed by atoms with E-state index in [1.165, 1.54) is 12.8 Å². The first kappa shape index (κ1) is 15.0. The van der Waals surface area contributed by atoms with Gasteiger partial charge in [0.1, 0.15) is 0 Å². The Bertz CT molecular complexity index is 306. The third kappa shape index (κ3) is 5.61. The summed E-state index contributed by atoms with van der Waals surface area (Å²) in [5, 5.41) is 2.99. The molecule has 19 heavy (non-hydrogen) atoms. The first-order valence-corrected chi connectivity index (χ1v) is 8.30. The molecule has 5 heteroatoms. The van der Waals surface area contributed by atoms with Crippen molar-refractivity contribution in [2.75, 3.05) is 38.6 Å². The van der Waals surface area contributed by atoms with Gasteiger partial charge < -0.3 is 15.0 Å². The third-order valence-electron chi connectivity index (χ3n) is 3.51. The lowest BCUT2D eigenvalue weighted by Crippen LogP contribution is -2.50. The molecule has 1 saturated heterocycles. The minimum atomic E-state index is 0.0792. The standard InChI is InChI=1S/C14H26N2O2S/c1-14(2)11-16(7-9-19-14)13(17)15-6-3-8-18-10-12-4-5-12/h12H,3-11H2,1-2H3,(H,15,17). The van der Waals surface area contributed by atoms with Gasteiger partial charge in [0.15, 0.2) is 0 Å². The Morgan fingerprint density at radius 2 is 2.26 bits per heavy atom. The van der Waals surface area contributed by atoms with Crippen molar-refractivity contribution in [3.05, 3.63) is 0 Å². The summed E-state index contributed by atoms with van der Waals surface area (Å²) in [6, 6.07) is 0.0792. The molecule has 0 aromatic rings. The predicted molar refractivity (Wildman–Crippen MR) is 79.7 cm³/mol. The normalized spacial score (nSPS) is 22.3. The Morgan fingerprint density at radius 1 is 1.47 bits per heavy atom. The van der Waals surface area contributed by atoms with E-state index in [0.29, 0.717) is 6.54 Å². The third-order valence-corrected chi connectivity index (χ3v) is 4.80. The van der Waals surface area contributed by atoms with E-state index in [2.05, 4.69) is 19.2 Å². The smallest absolute Gasteiger partial charge is 0.317 e. The van der Waals surface area contributed by atoms with Crippen LogP contribution in [-0.2, 0) is 4.74 Å². The lowest BCUT2D eigenvalue weighted by Gasteiger charge is -2.37. The second-order valence-corrected chi connectivity index (χ2v) is 7.94. The van der Waals surface area contributed by atoms with Crippen LogP contribution < -0.4 is 5.32 Å². The highest BCUT2D eigenvalue weighted by Gasteiger charge is 2.29. The van der Waals surface area contributed by atoms with E-state index in [1.807, 2.05) is 16.7 Å². The van der Waals surface area contributed by atoms with Crippen LogP contribution in [0.2, 0.25) is 0 Å². The molecule has 0 aromatic carbocycles. The van der Waals surface area contributed by atoms with Crippen molar-refractivity contribution in [2.45, 2.75) is 37.9 Å². The average molecular weight is 286 g/mol. The summed E-state index contributed by atoms with van der Waals surface area (Å²) in [6.07, 6.45) is 3.57. The van der Waals surface area contributed by atoms with Crippen molar-refractivity contribution in [3.63, 3.8) is 0 Å². The van der Waals surface area contributed by atoms with Gasteiger partial charge in [0, 0.05) is 43.3 Å². The Balaban J connectivity index is 1.53. The maximum atomic E-state index is 12.0. The van der Waals surface area contributed by atoms with Gasteiger partial charge >= 0.3 is 6.03 Å². The second kappa shape index (κ2) is 6.84. The van der Waals surface area contributed by atoms with Gasteiger partial charge in [-0.05, 0) is 39.0 Å². The summed E-state index contributed by atoms with van der Waals surface area (Å²) < 4.78 is 5.73. The molecule has 1 N–H and O–H groups in total. The van der Waals surface area contributed by atoms with Crippen molar-refractivity contribution in [1.82, 2.24) is 10.2 Å². The lowest BCUT2D eigenvalue weighted by molar-refractivity contribution is 0.121. The largest absolute Gasteiger partial charge is 0.381 e. The summed E-state index contributed by atoms with van der Waals surface area (Å²) in [5.41, 5.74) is 0. The SMILES string of the molecule is CC1(C)CN(C(=O)NCCCOCC2CC2)CCS1. The van der Waals surface area contributed by atoms with Gasteiger partial charge in [0.05, 0.1) is 0 Å². The second-order valence-electron chi connectivity index (χ2n) is 6.13.